The van der Waals surface area contributed by atoms with Crippen molar-refractivity contribution in [2.45, 2.75) is 47.1 Å². The molecule has 1 rings (SSSR count). The van der Waals surface area contributed by atoms with Gasteiger partial charge in [-0.25, -0.2) is 0 Å². The van der Waals surface area contributed by atoms with Gasteiger partial charge in [-0.15, -0.1) is 0 Å². The molecule has 0 aliphatic carbocycles. The summed E-state index contributed by atoms with van der Waals surface area (Å²) in [5, 5.41) is 0. The Kier molecular flexibility index (Phi) is 4.94. The van der Waals surface area contributed by atoms with Crippen LogP contribution in [0.25, 0.3) is 0 Å². The molecule has 1 amide bonds. The van der Waals surface area contributed by atoms with Gasteiger partial charge in [-0.05, 0) is 25.8 Å². The van der Waals surface area contributed by atoms with Crippen LogP contribution in [0.1, 0.15) is 40.2 Å². The molecule has 0 saturated heterocycles. The molecule has 0 unspecified atom stereocenters. The molecule has 0 aromatic heterocycles. The third-order valence-corrected chi connectivity index (χ3v) is 3.15. The molecule has 0 bridgehead atoms. The van der Waals surface area contributed by atoms with Crippen LogP contribution in [0, 0.1) is 5.41 Å². The van der Waals surface area contributed by atoms with E-state index in [9.17, 15) is 4.79 Å². The van der Waals surface area contributed by atoms with Crippen molar-refractivity contribution in [1.82, 2.24) is 4.90 Å². The standard InChI is InChI=1S/C16H25NO/c1-6-17(15(18)16(3,4)5)13(2)12-14-10-8-7-9-11-14/h7-11,13H,6,12H2,1-5H3/t13-/m1/s1. The maximum atomic E-state index is 12.4. The van der Waals surface area contributed by atoms with E-state index in [-0.39, 0.29) is 17.4 Å². The number of likely N-dealkylation sites (N-methyl/N-ethyl adjacent to an activating group) is 1. The first-order chi connectivity index (χ1) is 8.36. The van der Waals surface area contributed by atoms with Crippen LogP contribution in [-0.4, -0.2) is 23.4 Å². The van der Waals surface area contributed by atoms with Gasteiger partial charge >= 0.3 is 0 Å². The zero-order valence-electron chi connectivity index (χ0n) is 12.2. The third-order valence-electron chi connectivity index (χ3n) is 3.15. The SMILES string of the molecule is CCN(C(=O)C(C)(C)C)[C@H](C)Cc1ccccc1. The summed E-state index contributed by atoms with van der Waals surface area (Å²) in [6.07, 6.45) is 0.913. The molecule has 0 aliphatic rings. The number of nitrogens with zero attached hydrogens (tertiary/aromatic N) is 1. The van der Waals surface area contributed by atoms with Gasteiger partial charge in [-0.1, -0.05) is 51.1 Å². The van der Waals surface area contributed by atoms with Gasteiger partial charge < -0.3 is 4.90 Å². The second-order valence-corrected chi connectivity index (χ2v) is 5.88. The van der Waals surface area contributed by atoms with E-state index < -0.39 is 0 Å². The fourth-order valence-electron chi connectivity index (χ4n) is 2.15. The average Bonchev–Trinajstić information content (AvgIpc) is 2.29. The van der Waals surface area contributed by atoms with Crippen molar-refractivity contribution in [3.63, 3.8) is 0 Å². The number of benzene rings is 1. The molecular formula is C16H25NO. The monoisotopic (exact) mass is 247 g/mol. The van der Waals surface area contributed by atoms with Crippen molar-refractivity contribution in [2.24, 2.45) is 5.41 Å². The molecule has 1 aromatic rings. The molecule has 0 spiro atoms. The molecule has 1 atom stereocenters. The lowest BCUT2D eigenvalue weighted by Crippen LogP contribution is -2.45. The second kappa shape index (κ2) is 6.03. The van der Waals surface area contributed by atoms with Crippen molar-refractivity contribution in [3.05, 3.63) is 35.9 Å². The number of amides is 1. The fraction of sp³-hybridized carbons (Fsp3) is 0.562. The highest BCUT2D eigenvalue weighted by atomic mass is 16.2. The van der Waals surface area contributed by atoms with Gasteiger partial charge in [-0.3, -0.25) is 4.79 Å². The topological polar surface area (TPSA) is 20.3 Å². The van der Waals surface area contributed by atoms with Gasteiger partial charge in [0.2, 0.25) is 5.91 Å². The normalized spacial score (nSPS) is 13.2. The van der Waals surface area contributed by atoms with Crippen LogP contribution in [-0.2, 0) is 11.2 Å². The molecule has 0 saturated carbocycles. The Morgan fingerprint density at radius 2 is 1.78 bits per heavy atom. The Bertz CT molecular complexity index is 378. The van der Waals surface area contributed by atoms with E-state index in [1.165, 1.54) is 5.56 Å². The molecule has 0 heterocycles. The molecule has 100 valence electrons. The summed E-state index contributed by atoms with van der Waals surface area (Å²) in [6, 6.07) is 10.6. The van der Waals surface area contributed by atoms with Crippen LogP contribution >= 0.6 is 0 Å². The van der Waals surface area contributed by atoms with Crippen molar-refractivity contribution >= 4 is 5.91 Å². The summed E-state index contributed by atoms with van der Waals surface area (Å²) in [7, 11) is 0. The number of hydrogen-bond acceptors (Lipinski definition) is 1. The molecule has 0 radical (unpaired) electrons. The van der Waals surface area contributed by atoms with Crippen molar-refractivity contribution < 1.29 is 4.79 Å². The highest BCUT2D eigenvalue weighted by Gasteiger charge is 2.29. The Hall–Kier alpha value is -1.31. The van der Waals surface area contributed by atoms with E-state index in [0.717, 1.165) is 13.0 Å². The highest BCUT2D eigenvalue weighted by molar-refractivity contribution is 5.81. The number of hydrogen-bond donors (Lipinski definition) is 0. The largest absolute Gasteiger partial charge is 0.339 e. The summed E-state index contributed by atoms with van der Waals surface area (Å²) in [4.78, 5) is 14.3. The number of carbonyl (C=O) groups is 1. The van der Waals surface area contributed by atoms with Crippen LogP contribution in [0.4, 0.5) is 0 Å². The minimum absolute atomic E-state index is 0.230. The lowest BCUT2D eigenvalue weighted by molar-refractivity contribution is -0.141. The fourth-order valence-corrected chi connectivity index (χ4v) is 2.15. The Morgan fingerprint density at radius 1 is 1.22 bits per heavy atom. The smallest absolute Gasteiger partial charge is 0.228 e. The first-order valence-electron chi connectivity index (χ1n) is 6.71. The van der Waals surface area contributed by atoms with Gasteiger partial charge in [-0.2, -0.15) is 0 Å². The lowest BCUT2D eigenvalue weighted by Gasteiger charge is -2.33. The van der Waals surface area contributed by atoms with Crippen molar-refractivity contribution in [3.8, 4) is 0 Å². The zero-order valence-corrected chi connectivity index (χ0v) is 12.2. The second-order valence-electron chi connectivity index (χ2n) is 5.88. The van der Waals surface area contributed by atoms with Crippen molar-refractivity contribution in [1.29, 1.82) is 0 Å². The van der Waals surface area contributed by atoms with Gasteiger partial charge in [0.15, 0.2) is 0 Å². The van der Waals surface area contributed by atoms with Gasteiger partial charge in [0.05, 0.1) is 0 Å². The molecular weight excluding hydrogens is 222 g/mol. The maximum Gasteiger partial charge on any atom is 0.228 e. The lowest BCUT2D eigenvalue weighted by atomic mass is 9.93. The van der Waals surface area contributed by atoms with Crippen LogP contribution in [0.5, 0.6) is 0 Å². The van der Waals surface area contributed by atoms with Gasteiger partial charge in [0.25, 0.3) is 0 Å². The van der Waals surface area contributed by atoms with Crippen molar-refractivity contribution in [2.75, 3.05) is 6.54 Å². The maximum absolute atomic E-state index is 12.4. The van der Waals surface area contributed by atoms with E-state index in [2.05, 4.69) is 19.1 Å². The van der Waals surface area contributed by atoms with Crippen LogP contribution < -0.4 is 0 Å². The van der Waals surface area contributed by atoms with Crippen LogP contribution in [0.2, 0.25) is 0 Å². The predicted molar refractivity (Wildman–Crippen MR) is 76.5 cm³/mol. The average molecular weight is 247 g/mol. The quantitative estimate of drug-likeness (QED) is 0.797. The number of carbonyl (C=O) groups excluding carboxylic acids is 1. The summed E-state index contributed by atoms with van der Waals surface area (Å²) in [5.74, 6) is 0.230. The first kappa shape index (κ1) is 14.7. The molecule has 0 N–H and O–H groups in total. The minimum Gasteiger partial charge on any atom is -0.339 e. The van der Waals surface area contributed by atoms with E-state index in [1.54, 1.807) is 0 Å². The van der Waals surface area contributed by atoms with E-state index >= 15 is 0 Å². The molecule has 18 heavy (non-hydrogen) atoms. The minimum atomic E-state index is -0.305. The number of rotatable bonds is 4. The molecule has 2 heteroatoms. The van der Waals surface area contributed by atoms with E-state index in [1.807, 2.05) is 50.8 Å². The summed E-state index contributed by atoms with van der Waals surface area (Å²) in [6.45, 7) is 10.9. The highest BCUT2D eigenvalue weighted by Crippen LogP contribution is 2.20. The zero-order chi connectivity index (χ0) is 13.8. The molecule has 0 aliphatic heterocycles. The third kappa shape index (κ3) is 3.86. The molecule has 2 nitrogen and oxygen atoms in total. The Morgan fingerprint density at radius 3 is 2.22 bits per heavy atom. The van der Waals surface area contributed by atoms with E-state index in [0.29, 0.717) is 0 Å². The predicted octanol–water partition coefficient (Wildman–Crippen LogP) is 3.51. The Labute approximate surface area is 111 Å². The van der Waals surface area contributed by atoms with Gasteiger partial charge in [0, 0.05) is 18.0 Å². The van der Waals surface area contributed by atoms with Gasteiger partial charge in [0.1, 0.15) is 0 Å². The van der Waals surface area contributed by atoms with Crippen LogP contribution in [0.15, 0.2) is 30.3 Å². The summed E-state index contributed by atoms with van der Waals surface area (Å²) in [5.41, 5.74) is 0.978. The summed E-state index contributed by atoms with van der Waals surface area (Å²) < 4.78 is 0. The van der Waals surface area contributed by atoms with E-state index in [4.69, 9.17) is 0 Å². The summed E-state index contributed by atoms with van der Waals surface area (Å²) >= 11 is 0. The molecule has 1 aromatic carbocycles. The van der Waals surface area contributed by atoms with Crippen LogP contribution in [0.3, 0.4) is 0 Å². The first-order valence-corrected chi connectivity index (χ1v) is 6.71. The Balaban J connectivity index is 2.75. The molecule has 0 fully saturated rings.